The molecule has 0 heterocycles. The van der Waals surface area contributed by atoms with Crippen LogP contribution in [0, 0.1) is 19.8 Å². The molecule has 3 rings (SSSR count). The molecular weight excluding hydrogens is 458 g/mol. The summed E-state index contributed by atoms with van der Waals surface area (Å²) < 4.78 is 10.5. The predicted octanol–water partition coefficient (Wildman–Crippen LogP) is 4.75. The molecule has 0 aliphatic heterocycles. The fourth-order valence-electron chi connectivity index (χ4n) is 4.30. The lowest BCUT2D eigenvalue weighted by atomic mass is 9.93. The van der Waals surface area contributed by atoms with Crippen molar-refractivity contribution in [1.82, 2.24) is 10.2 Å². The highest BCUT2D eigenvalue weighted by molar-refractivity contribution is 5.99. The summed E-state index contributed by atoms with van der Waals surface area (Å²) >= 11 is 0. The van der Waals surface area contributed by atoms with Gasteiger partial charge in [0.25, 0.3) is 5.91 Å². The van der Waals surface area contributed by atoms with Gasteiger partial charge < -0.3 is 25.0 Å². The largest absolute Gasteiger partial charge is 0.497 e. The van der Waals surface area contributed by atoms with Crippen LogP contribution in [0.4, 0.5) is 10.5 Å². The van der Waals surface area contributed by atoms with Crippen molar-refractivity contribution in [3.05, 3.63) is 59.2 Å². The summed E-state index contributed by atoms with van der Waals surface area (Å²) in [5.74, 6) is 0.266. The maximum atomic E-state index is 13.8. The van der Waals surface area contributed by atoms with Crippen LogP contribution >= 0.6 is 0 Å². The molecule has 2 aromatic carbocycles. The van der Waals surface area contributed by atoms with Gasteiger partial charge in [0.1, 0.15) is 23.9 Å². The minimum Gasteiger partial charge on any atom is -0.497 e. The molecule has 0 bridgehead atoms. The number of methoxy groups -OCH3 is 1. The highest BCUT2D eigenvalue weighted by Crippen LogP contribution is 2.41. The number of rotatable bonds is 8. The van der Waals surface area contributed by atoms with Gasteiger partial charge in [0.2, 0.25) is 5.91 Å². The molecule has 8 heteroatoms. The van der Waals surface area contributed by atoms with Crippen LogP contribution < -0.4 is 15.4 Å². The van der Waals surface area contributed by atoms with Crippen LogP contribution in [-0.2, 0) is 14.3 Å². The van der Waals surface area contributed by atoms with Gasteiger partial charge in [-0.1, -0.05) is 25.1 Å². The van der Waals surface area contributed by atoms with Crippen molar-refractivity contribution in [3.63, 3.8) is 0 Å². The van der Waals surface area contributed by atoms with Gasteiger partial charge in [-0.25, -0.2) is 4.79 Å². The maximum absolute atomic E-state index is 13.8. The van der Waals surface area contributed by atoms with Gasteiger partial charge in [-0.15, -0.1) is 0 Å². The van der Waals surface area contributed by atoms with E-state index in [2.05, 4.69) is 17.6 Å². The van der Waals surface area contributed by atoms with Crippen LogP contribution in [-0.4, -0.2) is 48.1 Å². The number of anilines is 1. The van der Waals surface area contributed by atoms with Crippen LogP contribution in [0.25, 0.3) is 0 Å². The van der Waals surface area contributed by atoms with Crippen molar-refractivity contribution >= 4 is 23.6 Å². The number of ether oxygens (including phenoxy) is 2. The van der Waals surface area contributed by atoms with Crippen LogP contribution in [0.3, 0.4) is 0 Å². The van der Waals surface area contributed by atoms with E-state index in [1.165, 1.54) is 0 Å². The zero-order chi connectivity index (χ0) is 26.6. The number of benzene rings is 2. The standard InChI is InChI=1S/C28H37N3O5/c1-17-9-8-10-18(2)24(17)25(26(33)30-20-11-13-21(35-7)14-12-20)31(22-15-19(22)3)23(32)16-29-27(34)36-28(4,5)6/h8-14,19,22,25H,15-16H2,1-7H3,(H,29,34)(H,30,33). The molecule has 8 nitrogen and oxygen atoms in total. The van der Waals surface area contributed by atoms with Crippen molar-refractivity contribution in [3.8, 4) is 5.75 Å². The Morgan fingerprint density at radius 3 is 2.14 bits per heavy atom. The van der Waals surface area contributed by atoms with Gasteiger partial charge in [-0.2, -0.15) is 0 Å². The molecule has 3 amide bonds. The summed E-state index contributed by atoms with van der Waals surface area (Å²) in [6.45, 7) is 10.9. The molecule has 1 saturated carbocycles. The van der Waals surface area contributed by atoms with Crippen LogP contribution in [0.5, 0.6) is 5.75 Å². The first-order valence-electron chi connectivity index (χ1n) is 12.2. The van der Waals surface area contributed by atoms with Gasteiger partial charge in [-0.3, -0.25) is 9.59 Å². The van der Waals surface area contributed by atoms with E-state index in [0.717, 1.165) is 23.1 Å². The molecule has 0 aromatic heterocycles. The summed E-state index contributed by atoms with van der Waals surface area (Å²) in [6, 6.07) is 11.9. The summed E-state index contributed by atoms with van der Waals surface area (Å²) in [6.07, 6.45) is 0.112. The van der Waals surface area contributed by atoms with E-state index in [1.54, 1.807) is 57.0 Å². The van der Waals surface area contributed by atoms with E-state index in [4.69, 9.17) is 9.47 Å². The Morgan fingerprint density at radius 2 is 1.64 bits per heavy atom. The second-order valence-corrected chi connectivity index (χ2v) is 10.4. The highest BCUT2D eigenvalue weighted by atomic mass is 16.6. The van der Waals surface area contributed by atoms with Crippen molar-refractivity contribution in [2.75, 3.05) is 19.0 Å². The molecule has 1 aliphatic carbocycles. The molecule has 1 fully saturated rings. The Labute approximate surface area is 213 Å². The minimum atomic E-state index is -0.865. The Balaban J connectivity index is 1.94. The SMILES string of the molecule is COc1ccc(NC(=O)C(c2c(C)cccc2C)N(C(=O)CNC(=O)OC(C)(C)C)C2CC2C)cc1. The lowest BCUT2D eigenvalue weighted by molar-refractivity contribution is -0.139. The Bertz CT molecular complexity index is 1090. The van der Waals surface area contributed by atoms with E-state index in [0.29, 0.717) is 11.4 Å². The van der Waals surface area contributed by atoms with Gasteiger partial charge >= 0.3 is 6.09 Å². The van der Waals surface area contributed by atoms with Crippen LogP contribution in [0.2, 0.25) is 0 Å². The maximum Gasteiger partial charge on any atom is 0.408 e. The van der Waals surface area contributed by atoms with Crippen LogP contribution in [0.15, 0.2) is 42.5 Å². The number of carbonyl (C=O) groups excluding carboxylic acids is 3. The molecule has 2 aromatic rings. The summed E-state index contributed by atoms with van der Waals surface area (Å²) in [4.78, 5) is 41.3. The summed E-state index contributed by atoms with van der Waals surface area (Å²) in [5.41, 5.74) is 2.53. The first-order valence-corrected chi connectivity index (χ1v) is 12.2. The van der Waals surface area contributed by atoms with Crippen LogP contribution in [0.1, 0.15) is 56.8 Å². The van der Waals surface area contributed by atoms with E-state index in [1.807, 2.05) is 32.0 Å². The predicted molar refractivity (Wildman–Crippen MR) is 139 cm³/mol. The third kappa shape index (κ3) is 6.77. The van der Waals surface area contributed by atoms with Gasteiger partial charge in [0.05, 0.1) is 7.11 Å². The lowest BCUT2D eigenvalue weighted by Gasteiger charge is -2.34. The number of carbonyl (C=O) groups is 3. The van der Waals surface area contributed by atoms with E-state index < -0.39 is 17.7 Å². The van der Waals surface area contributed by atoms with Crippen molar-refractivity contribution in [2.45, 2.75) is 65.6 Å². The van der Waals surface area contributed by atoms with Crippen molar-refractivity contribution in [1.29, 1.82) is 0 Å². The lowest BCUT2D eigenvalue weighted by Crippen LogP contribution is -2.48. The first kappa shape index (κ1) is 27.0. The zero-order valence-electron chi connectivity index (χ0n) is 22.2. The van der Waals surface area contributed by atoms with Gasteiger partial charge in [0.15, 0.2) is 0 Å². The molecule has 3 unspecified atom stereocenters. The molecule has 0 spiro atoms. The van der Waals surface area contributed by atoms with E-state index in [9.17, 15) is 14.4 Å². The normalized spacial score (nSPS) is 17.5. The number of hydrogen-bond donors (Lipinski definition) is 2. The number of nitrogens with zero attached hydrogens (tertiary/aromatic N) is 1. The average Bonchev–Trinajstić information content (AvgIpc) is 3.51. The minimum absolute atomic E-state index is 0.108. The zero-order valence-corrected chi connectivity index (χ0v) is 22.2. The quantitative estimate of drug-likeness (QED) is 0.551. The Morgan fingerprint density at radius 1 is 1.06 bits per heavy atom. The summed E-state index contributed by atoms with van der Waals surface area (Å²) in [5, 5.41) is 5.53. The number of hydrogen-bond acceptors (Lipinski definition) is 5. The molecule has 0 saturated heterocycles. The Kier molecular flexibility index (Phi) is 8.28. The number of nitrogens with one attached hydrogen (secondary N) is 2. The highest BCUT2D eigenvalue weighted by Gasteiger charge is 2.47. The Hall–Kier alpha value is -3.55. The number of amides is 3. The fourth-order valence-corrected chi connectivity index (χ4v) is 4.30. The topological polar surface area (TPSA) is 97.0 Å². The fraction of sp³-hybridized carbons (Fsp3) is 0.464. The van der Waals surface area contributed by atoms with Gasteiger partial charge in [-0.05, 0) is 87.9 Å². The second kappa shape index (κ2) is 11.0. The van der Waals surface area contributed by atoms with E-state index >= 15 is 0 Å². The second-order valence-electron chi connectivity index (χ2n) is 10.4. The molecule has 2 N–H and O–H groups in total. The molecule has 3 atom stereocenters. The molecule has 0 radical (unpaired) electrons. The third-order valence-electron chi connectivity index (χ3n) is 6.19. The number of alkyl carbamates (subject to hydrolysis) is 1. The smallest absolute Gasteiger partial charge is 0.408 e. The molecule has 36 heavy (non-hydrogen) atoms. The van der Waals surface area contributed by atoms with Gasteiger partial charge in [0, 0.05) is 11.7 Å². The monoisotopic (exact) mass is 495 g/mol. The third-order valence-corrected chi connectivity index (χ3v) is 6.19. The van der Waals surface area contributed by atoms with Crippen molar-refractivity contribution < 1.29 is 23.9 Å². The first-order chi connectivity index (χ1) is 16.9. The molecule has 1 aliphatic rings. The van der Waals surface area contributed by atoms with E-state index in [-0.39, 0.29) is 30.3 Å². The molecule has 194 valence electrons. The number of aryl methyl sites for hydroxylation is 2. The summed E-state index contributed by atoms with van der Waals surface area (Å²) in [7, 11) is 1.58. The molecular formula is C28H37N3O5. The van der Waals surface area contributed by atoms with Crippen molar-refractivity contribution in [2.24, 2.45) is 5.92 Å². The average molecular weight is 496 g/mol.